The number of H-pyrrole nitrogens is 1. The van der Waals surface area contributed by atoms with Gasteiger partial charge in [-0.2, -0.15) is 0 Å². The summed E-state index contributed by atoms with van der Waals surface area (Å²) in [5, 5.41) is 26.4. The van der Waals surface area contributed by atoms with Gasteiger partial charge in [0.05, 0.1) is 24.9 Å². The van der Waals surface area contributed by atoms with Crippen LogP contribution >= 0.6 is 0 Å². The second-order valence-corrected chi connectivity index (χ2v) is 10.7. The van der Waals surface area contributed by atoms with E-state index in [9.17, 15) is 14.7 Å². The van der Waals surface area contributed by atoms with Gasteiger partial charge in [0.1, 0.15) is 23.5 Å². The van der Waals surface area contributed by atoms with Gasteiger partial charge in [0, 0.05) is 6.20 Å². The maximum Gasteiger partial charge on any atom is 0.330 e. The SMILES string of the molecule is CC[C@@]12COC([C@H](n3cc(-c4cn(Cc5ccc6ccc7cccc8ccc5c6c78)nn4)c(=O)[nH]c3=O)O1)[C@H]2O. The van der Waals surface area contributed by atoms with Gasteiger partial charge in [-0.3, -0.25) is 14.3 Å². The van der Waals surface area contributed by atoms with Crippen LogP contribution in [0.15, 0.2) is 76.6 Å². The second kappa shape index (κ2) is 8.31. The number of nitrogens with zero attached hydrogens (tertiary/aromatic N) is 4. The number of hydrogen-bond acceptors (Lipinski definition) is 7. The van der Waals surface area contributed by atoms with Gasteiger partial charge >= 0.3 is 5.69 Å². The van der Waals surface area contributed by atoms with E-state index in [0.717, 1.165) is 10.9 Å². The maximum atomic E-state index is 12.8. The molecule has 2 saturated heterocycles. The number of aromatic amines is 1. The van der Waals surface area contributed by atoms with Crippen LogP contribution < -0.4 is 11.2 Å². The Balaban J connectivity index is 1.16. The highest BCUT2D eigenvalue weighted by molar-refractivity contribution is 6.23. The summed E-state index contributed by atoms with van der Waals surface area (Å²) in [7, 11) is 0. The average molecular weight is 536 g/mol. The largest absolute Gasteiger partial charge is 0.387 e. The summed E-state index contributed by atoms with van der Waals surface area (Å²) in [4.78, 5) is 27.9. The molecule has 4 aromatic carbocycles. The van der Waals surface area contributed by atoms with Crippen molar-refractivity contribution in [3.63, 3.8) is 0 Å². The molecule has 1 unspecified atom stereocenters. The molecule has 0 saturated carbocycles. The van der Waals surface area contributed by atoms with Gasteiger partial charge in [-0.1, -0.05) is 66.7 Å². The van der Waals surface area contributed by atoms with Gasteiger partial charge < -0.3 is 14.6 Å². The molecule has 0 aliphatic carbocycles. The molecule has 2 aromatic heterocycles. The molecule has 10 heteroatoms. The smallest absolute Gasteiger partial charge is 0.330 e. The molecular weight excluding hydrogens is 510 g/mol. The Morgan fingerprint density at radius 3 is 2.55 bits per heavy atom. The minimum Gasteiger partial charge on any atom is -0.387 e. The summed E-state index contributed by atoms with van der Waals surface area (Å²) >= 11 is 0. The quantitative estimate of drug-likeness (QED) is 0.325. The van der Waals surface area contributed by atoms with Crippen LogP contribution in [0.2, 0.25) is 0 Å². The fourth-order valence-electron chi connectivity index (χ4n) is 6.44. The van der Waals surface area contributed by atoms with Gasteiger partial charge in [-0.15, -0.1) is 5.10 Å². The van der Waals surface area contributed by atoms with Crippen LogP contribution in [-0.4, -0.2) is 54.1 Å². The van der Waals surface area contributed by atoms with Crippen LogP contribution in [0.1, 0.15) is 25.1 Å². The molecule has 2 fully saturated rings. The van der Waals surface area contributed by atoms with E-state index in [1.807, 2.05) is 6.92 Å². The first-order valence-electron chi connectivity index (χ1n) is 13.3. The highest BCUT2D eigenvalue weighted by atomic mass is 16.6. The van der Waals surface area contributed by atoms with E-state index in [2.05, 4.69) is 69.9 Å². The van der Waals surface area contributed by atoms with Crippen molar-refractivity contribution in [1.82, 2.24) is 24.5 Å². The third-order valence-electron chi connectivity index (χ3n) is 8.61. The molecular formula is C30H25N5O5. The molecule has 0 spiro atoms. The predicted octanol–water partition coefficient (Wildman–Crippen LogP) is 3.18. The van der Waals surface area contributed by atoms with Gasteiger partial charge in [-0.05, 0) is 44.3 Å². The number of ether oxygens (including phenoxy) is 2. The topological polar surface area (TPSA) is 124 Å². The fourth-order valence-corrected chi connectivity index (χ4v) is 6.44. The summed E-state index contributed by atoms with van der Waals surface area (Å²) < 4.78 is 14.8. The van der Waals surface area contributed by atoms with Crippen molar-refractivity contribution in [2.75, 3.05) is 6.61 Å². The lowest BCUT2D eigenvalue weighted by molar-refractivity contribution is -0.175. The number of aliphatic hydroxyl groups excluding tert-OH is 1. The lowest BCUT2D eigenvalue weighted by Crippen LogP contribution is -2.41. The number of nitrogens with one attached hydrogen (secondary N) is 1. The number of aliphatic hydroxyl groups is 1. The zero-order valence-corrected chi connectivity index (χ0v) is 21.6. The third kappa shape index (κ3) is 3.21. The molecule has 2 aliphatic rings. The molecule has 2 bridgehead atoms. The Bertz CT molecular complexity index is 2050. The molecule has 40 heavy (non-hydrogen) atoms. The van der Waals surface area contributed by atoms with Crippen LogP contribution in [0.4, 0.5) is 0 Å². The summed E-state index contributed by atoms with van der Waals surface area (Å²) in [5.41, 5.74) is -0.516. The second-order valence-electron chi connectivity index (χ2n) is 10.7. The number of benzene rings is 4. The molecule has 0 radical (unpaired) electrons. The Hall–Kier alpha value is -4.38. The zero-order valence-electron chi connectivity index (χ0n) is 21.6. The van der Waals surface area contributed by atoms with Crippen molar-refractivity contribution in [3.8, 4) is 11.3 Å². The van der Waals surface area contributed by atoms with E-state index in [4.69, 9.17) is 9.47 Å². The fraction of sp³-hybridized carbons (Fsp3) is 0.267. The van der Waals surface area contributed by atoms with Crippen molar-refractivity contribution >= 4 is 32.3 Å². The number of fused-ring (bicyclic) bond motifs is 2. The molecule has 6 aromatic rings. The van der Waals surface area contributed by atoms with Crippen molar-refractivity contribution in [2.24, 2.45) is 0 Å². The normalized spacial score (nSPS) is 24.2. The zero-order chi connectivity index (χ0) is 27.2. The van der Waals surface area contributed by atoms with E-state index in [-0.39, 0.29) is 12.2 Å². The molecule has 2 N–H and O–H groups in total. The highest BCUT2D eigenvalue weighted by Crippen LogP contribution is 2.46. The van der Waals surface area contributed by atoms with E-state index >= 15 is 0 Å². The molecule has 2 aliphatic heterocycles. The van der Waals surface area contributed by atoms with E-state index in [1.54, 1.807) is 10.9 Å². The van der Waals surface area contributed by atoms with Crippen LogP contribution in [0.5, 0.6) is 0 Å². The van der Waals surface area contributed by atoms with Gasteiger partial charge in [0.25, 0.3) is 5.56 Å². The minimum atomic E-state index is -0.866. The van der Waals surface area contributed by atoms with Gasteiger partial charge in [0.15, 0.2) is 6.23 Å². The van der Waals surface area contributed by atoms with Crippen LogP contribution in [0.25, 0.3) is 43.6 Å². The van der Waals surface area contributed by atoms with Crippen LogP contribution in [0, 0.1) is 0 Å². The first-order valence-corrected chi connectivity index (χ1v) is 13.3. The summed E-state index contributed by atoms with van der Waals surface area (Å²) in [5.74, 6) is 0. The van der Waals surface area contributed by atoms with Crippen LogP contribution in [-0.2, 0) is 16.0 Å². The van der Waals surface area contributed by atoms with E-state index in [1.165, 1.54) is 37.7 Å². The van der Waals surface area contributed by atoms with Gasteiger partial charge in [0.2, 0.25) is 0 Å². The van der Waals surface area contributed by atoms with Crippen molar-refractivity contribution < 1.29 is 14.6 Å². The summed E-state index contributed by atoms with van der Waals surface area (Å²) in [6.07, 6.45) is 1.20. The number of rotatable bonds is 5. The molecule has 10 nitrogen and oxygen atoms in total. The lowest BCUT2D eigenvalue weighted by Gasteiger charge is -2.30. The lowest BCUT2D eigenvalue weighted by atomic mass is 9.92. The Kier molecular flexibility index (Phi) is 4.88. The molecule has 4 heterocycles. The van der Waals surface area contributed by atoms with E-state index in [0.29, 0.717) is 18.7 Å². The molecule has 8 rings (SSSR count). The van der Waals surface area contributed by atoms with Crippen molar-refractivity contribution in [2.45, 2.75) is 43.9 Å². The Morgan fingerprint density at radius 2 is 1.77 bits per heavy atom. The van der Waals surface area contributed by atoms with Crippen LogP contribution in [0.3, 0.4) is 0 Å². The Morgan fingerprint density at radius 1 is 1.02 bits per heavy atom. The molecule has 200 valence electrons. The van der Waals surface area contributed by atoms with Gasteiger partial charge in [-0.25, -0.2) is 9.48 Å². The minimum absolute atomic E-state index is 0.174. The average Bonchev–Trinajstić information content (AvgIpc) is 3.64. The molecule has 0 amide bonds. The highest BCUT2D eigenvalue weighted by Gasteiger charge is 2.60. The predicted molar refractivity (Wildman–Crippen MR) is 148 cm³/mol. The molecule has 4 atom stereocenters. The van der Waals surface area contributed by atoms with Crippen molar-refractivity contribution in [1.29, 1.82) is 0 Å². The summed E-state index contributed by atoms with van der Waals surface area (Å²) in [6, 6.07) is 19.1. The summed E-state index contributed by atoms with van der Waals surface area (Å²) in [6.45, 7) is 2.61. The first-order chi connectivity index (χ1) is 19.5. The number of hydrogen-bond donors (Lipinski definition) is 2. The van der Waals surface area contributed by atoms with Crippen molar-refractivity contribution in [3.05, 3.63) is 93.4 Å². The maximum absolute atomic E-state index is 12.8. The van der Waals surface area contributed by atoms with E-state index < -0.39 is 35.3 Å². The standard InChI is InChI=1S/C30H25N5O5/c1-2-30-15-39-25(26(30)36)28(40-30)35-13-21(27(37)31-29(35)38)22-14-34(33-32-22)12-19-9-8-18-7-6-16-4-3-5-17-10-11-20(19)24(18)23(16)17/h3-11,13-14,25-26,28,36H,2,12,15H2,1H3,(H,31,37,38)/t25?,26-,28-,30+/m1/s1. The third-order valence-corrected chi connectivity index (χ3v) is 8.61. The first kappa shape index (κ1) is 23.5. The Labute approximate surface area is 226 Å². The number of aromatic nitrogens is 5. The monoisotopic (exact) mass is 535 g/mol.